The summed E-state index contributed by atoms with van der Waals surface area (Å²) in [6.45, 7) is 6.24. The van der Waals surface area contributed by atoms with E-state index < -0.39 is 0 Å². The van der Waals surface area contributed by atoms with Gasteiger partial charge in [-0.15, -0.1) is 0 Å². The van der Waals surface area contributed by atoms with Gasteiger partial charge in [-0.05, 0) is 41.7 Å². The summed E-state index contributed by atoms with van der Waals surface area (Å²) in [6, 6.07) is 3.61. The van der Waals surface area contributed by atoms with Crippen LogP contribution in [0, 0.1) is 6.92 Å². The van der Waals surface area contributed by atoms with Crippen molar-refractivity contribution in [2.75, 3.05) is 0 Å². The number of carbonyl (C=O) groups excluding carboxylic acids is 1. The highest BCUT2D eigenvalue weighted by Crippen LogP contribution is 2.28. The molecule has 15 heavy (non-hydrogen) atoms. The summed E-state index contributed by atoms with van der Waals surface area (Å²) in [7, 11) is 0. The van der Waals surface area contributed by atoms with Crippen LogP contribution in [0.1, 0.15) is 36.5 Å². The molecule has 0 aliphatic carbocycles. The van der Waals surface area contributed by atoms with Gasteiger partial charge in [-0.2, -0.15) is 0 Å². The molecule has 1 aromatic rings. The fourth-order valence-corrected chi connectivity index (χ4v) is 1.51. The van der Waals surface area contributed by atoms with E-state index in [1.165, 1.54) is 6.08 Å². The van der Waals surface area contributed by atoms with Crippen LogP contribution in [0.15, 0.2) is 17.1 Å². The summed E-state index contributed by atoms with van der Waals surface area (Å²) in [5.41, 5.74) is 2.78. The summed E-state index contributed by atoms with van der Waals surface area (Å²) in [5, 5.41) is 9.70. The smallest absolute Gasteiger partial charge is 0.235 e. The van der Waals surface area contributed by atoms with Gasteiger partial charge >= 0.3 is 0 Å². The van der Waals surface area contributed by atoms with Crippen molar-refractivity contribution in [1.82, 2.24) is 0 Å². The van der Waals surface area contributed by atoms with Crippen LogP contribution in [0.4, 0.5) is 0 Å². The fourth-order valence-electron chi connectivity index (χ4n) is 1.51. The molecule has 0 aliphatic rings. The number of phenols is 1. The minimum absolute atomic E-state index is 0.254. The van der Waals surface area contributed by atoms with E-state index in [0.717, 1.165) is 16.7 Å². The molecule has 0 aliphatic heterocycles. The van der Waals surface area contributed by atoms with Crippen molar-refractivity contribution >= 4 is 6.08 Å². The second kappa shape index (κ2) is 4.76. The Morgan fingerprint density at radius 1 is 1.47 bits per heavy atom. The third kappa shape index (κ3) is 2.67. The zero-order chi connectivity index (χ0) is 11.4. The van der Waals surface area contributed by atoms with E-state index in [4.69, 9.17) is 0 Å². The topological polar surface area (TPSA) is 49.7 Å². The normalized spacial score (nSPS) is 10.1. The van der Waals surface area contributed by atoms with Crippen molar-refractivity contribution in [3.8, 4) is 5.75 Å². The lowest BCUT2D eigenvalue weighted by atomic mass is 9.96. The van der Waals surface area contributed by atoms with E-state index >= 15 is 0 Å². The first kappa shape index (κ1) is 11.5. The molecule has 0 atom stereocenters. The lowest BCUT2D eigenvalue weighted by Crippen LogP contribution is -1.94. The maximum Gasteiger partial charge on any atom is 0.235 e. The first-order chi connectivity index (χ1) is 7.06. The van der Waals surface area contributed by atoms with E-state index in [-0.39, 0.29) is 5.92 Å². The second-order valence-corrected chi connectivity index (χ2v) is 3.90. The highest BCUT2D eigenvalue weighted by molar-refractivity contribution is 5.43. The third-order valence-corrected chi connectivity index (χ3v) is 2.42. The van der Waals surface area contributed by atoms with Crippen molar-refractivity contribution in [3.05, 3.63) is 28.8 Å². The van der Waals surface area contributed by atoms with Gasteiger partial charge in [-0.25, -0.2) is 9.79 Å². The van der Waals surface area contributed by atoms with Gasteiger partial charge in [-0.3, -0.25) is 0 Å². The van der Waals surface area contributed by atoms with Crippen LogP contribution in [0.3, 0.4) is 0 Å². The van der Waals surface area contributed by atoms with Crippen molar-refractivity contribution in [2.24, 2.45) is 4.99 Å². The second-order valence-electron chi connectivity index (χ2n) is 3.90. The minimum atomic E-state index is 0.254. The van der Waals surface area contributed by atoms with Crippen molar-refractivity contribution < 1.29 is 9.90 Å². The average Bonchev–Trinajstić information content (AvgIpc) is 2.16. The molecular formula is C12H15NO2. The number of benzene rings is 1. The molecule has 0 heterocycles. The molecule has 3 heteroatoms. The van der Waals surface area contributed by atoms with E-state index in [0.29, 0.717) is 12.3 Å². The predicted molar refractivity (Wildman–Crippen MR) is 58.8 cm³/mol. The van der Waals surface area contributed by atoms with Crippen LogP contribution in [0.25, 0.3) is 0 Å². The Bertz CT molecular complexity index is 404. The highest BCUT2D eigenvalue weighted by atomic mass is 16.3. The van der Waals surface area contributed by atoms with Crippen molar-refractivity contribution in [3.63, 3.8) is 0 Å². The van der Waals surface area contributed by atoms with Gasteiger partial charge in [0.25, 0.3) is 0 Å². The summed E-state index contributed by atoms with van der Waals surface area (Å²) < 4.78 is 0. The largest absolute Gasteiger partial charge is 0.508 e. The molecule has 0 fully saturated rings. The molecule has 0 saturated heterocycles. The predicted octanol–water partition coefficient (Wildman–Crippen LogP) is 2.66. The van der Waals surface area contributed by atoms with Crippen molar-refractivity contribution in [2.45, 2.75) is 33.2 Å². The van der Waals surface area contributed by atoms with Crippen LogP contribution < -0.4 is 0 Å². The molecule has 0 amide bonds. The van der Waals surface area contributed by atoms with Crippen LogP contribution in [0.2, 0.25) is 0 Å². The molecule has 0 bridgehead atoms. The zero-order valence-corrected chi connectivity index (χ0v) is 9.24. The molecule has 1 aromatic carbocycles. The zero-order valence-electron chi connectivity index (χ0n) is 9.24. The van der Waals surface area contributed by atoms with E-state index in [9.17, 15) is 9.90 Å². The monoisotopic (exact) mass is 205 g/mol. The molecule has 1 N–H and O–H groups in total. The number of nitrogens with zero attached hydrogens (tertiary/aromatic N) is 1. The first-order valence-electron chi connectivity index (χ1n) is 4.92. The summed E-state index contributed by atoms with van der Waals surface area (Å²) >= 11 is 0. The summed E-state index contributed by atoms with van der Waals surface area (Å²) in [4.78, 5) is 13.6. The standard InChI is InChI=1S/C12H15NO2/c1-8(2)11-5-10(6-13-7-14)9(3)4-12(11)15/h4-5,8,15H,6H2,1-3H3. The maximum atomic E-state index is 10.0. The van der Waals surface area contributed by atoms with Crippen LogP contribution >= 0.6 is 0 Å². The quantitative estimate of drug-likeness (QED) is 0.609. The highest BCUT2D eigenvalue weighted by Gasteiger charge is 2.09. The minimum Gasteiger partial charge on any atom is -0.508 e. The van der Waals surface area contributed by atoms with Gasteiger partial charge in [0.2, 0.25) is 6.08 Å². The lowest BCUT2D eigenvalue weighted by Gasteiger charge is -2.12. The molecule has 0 aromatic heterocycles. The number of phenolic OH excluding ortho intramolecular Hbond substituents is 1. The number of aliphatic imine (C=N–C) groups is 1. The van der Waals surface area contributed by atoms with Gasteiger partial charge in [0.1, 0.15) is 5.75 Å². The number of aryl methyl sites for hydroxylation is 1. The van der Waals surface area contributed by atoms with E-state index in [1.54, 1.807) is 6.07 Å². The first-order valence-corrected chi connectivity index (χ1v) is 4.92. The van der Waals surface area contributed by atoms with Gasteiger partial charge in [0.05, 0.1) is 6.54 Å². The molecular weight excluding hydrogens is 190 g/mol. The van der Waals surface area contributed by atoms with Gasteiger partial charge in [0, 0.05) is 0 Å². The Morgan fingerprint density at radius 3 is 2.67 bits per heavy atom. The Labute approximate surface area is 89.5 Å². The molecule has 0 unspecified atom stereocenters. The Balaban J connectivity index is 3.16. The fraction of sp³-hybridized carbons (Fsp3) is 0.417. The molecule has 1 rings (SSSR count). The maximum absolute atomic E-state index is 10.0. The van der Waals surface area contributed by atoms with E-state index in [2.05, 4.69) is 4.99 Å². The van der Waals surface area contributed by atoms with Crippen molar-refractivity contribution in [1.29, 1.82) is 0 Å². The lowest BCUT2D eigenvalue weighted by molar-refractivity contribution is 0.464. The Kier molecular flexibility index (Phi) is 3.64. The van der Waals surface area contributed by atoms with E-state index in [1.807, 2.05) is 26.8 Å². The average molecular weight is 205 g/mol. The number of hydrogen-bond acceptors (Lipinski definition) is 3. The van der Waals surface area contributed by atoms with Crippen LogP contribution in [0.5, 0.6) is 5.75 Å². The molecule has 0 radical (unpaired) electrons. The molecule has 0 saturated carbocycles. The van der Waals surface area contributed by atoms with Gasteiger partial charge in [-0.1, -0.05) is 13.8 Å². The van der Waals surface area contributed by atoms with Gasteiger partial charge in [0.15, 0.2) is 0 Å². The SMILES string of the molecule is Cc1cc(O)c(C(C)C)cc1CN=C=O. The van der Waals surface area contributed by atoms with Crippen LogP contribution in [-0.2, 0) is 11.3 Å². The molecule has 3 nitrogen and oxygen atoms in total. The Morgan fingerprint density at radius 2 is 2.13 bits per heavy atom. The number of aromatic hydroxyl groups is 1. The molecule has 80 valence electrons. The number of isocyanates is 1. The Hall–Kier alpha value is -1.60. The third-order valence-electron chi connectivity index (χ3n) is 2.42. The summed E-state index contributed by atoms with van der Waals surface area (Å²) in [6.07, 6.45) is 1.52. The summed E-state index contributed by atoms with van der Waals surface area (Å²) in [5.74, 6) is 0.561. The number of rotatable bonds is 3. The van der Waals surface area contributed by atoms with Crippen LogP contribution in [-0.4, -0.2) is 11.2 Å². The van der Waals surface area contributed by atoms with Gasteiger partial charge < -0.3 is 5.11 Å². The molecule has 0 spiro atoms. The number of hydrogen-bond donors (Lipinski definition) is 1.